The molecular formula is C20H14Cl2I2O3. The van der Waals surface area contributed by atoms with E-state index in [9.17, 15) is 0 Å². The molecule has 2 unspecified atom stereocenters. The second-order valence-electron chi connectivity index (χ2n) is 5.07. The van der Waals surface area contributed by atoms with Gasteiger partial charge in [-0.1, -0.05) is 59.3 Å². The minimum Gasteiger partial charge on any atom is -0.335 e. The van der Waals surface area contributed by atoms with Gasteiger partial charge in [0, 0.05) is 66.4 Å². The van der Waals surface area contributed by atoms with Gasteiger partial charge in [-0.15, -0.1) is 0 Å². The van der Waals surface area contributed by atoms with Gasteiger partial charge in [0.1, 0.15) is 13.2 Å². The van der Waals surface area contributed by atoms with Crippen LogP contribution in [0, 0.1) is 19.7 Å². The summed E-state index contributed by atoms with van der Waals surface area (Å²) in [6.45, 7) is 0.439. The van der Waals surface area contributed by atoms with Crippen molar-refractivity contribution < 1.29 is 14.2 Å². The molecule has 140 valence electrons. The fraction of sp³-hybridized carbons (Fsp3) is 0.200. The molecule has 0 radical (unpaired) electrons. The first-order valence-electron chi connectivity index (χ1n) is 7.70. The predicted molar refractivity (Wildman–Crippen MR) is 125 cm³/mol. The normalized spacial score (nSPS) is 12.3. The number of hydrogen-bond acceptors (Lipinski definition) is 3. The van der Waals surface area contributed by atoms with Crippen LogP contribution in [0.25, 0.3) is 0 Å². The summed E-state index contributed by atoms with van der Waals surface area (Å²) >= 11 is 15.9. The summed E-state index contributed by atoms with van der Waals surface area (Å²) in [5.41, 5.74) is 1.61. The van der Waals surface area contributed by atoms with Gasteiger partial charge in [0.25, 0.3) is 0 Å². The number of halogens is 4. The van der Waals surface area contributed by atoms with Crippen LogP contribution in [-0.2, 0) is 14.2 Å². The molecule has 0 amide bonds. The maximum Gasteiger partial charge on any atom is 0.188 e. The van der Waals surface area contributed by atoms with Gasteiger partial charge in [0.15, 0.2) is 12.6 Å². The first kappa shape index (κ1) is 22.8. The largest absolute Gasteiger partial charge is 0.335 e. The Morgan fingerprint density at radius 3 is 1.41 bits per heavy atom. The molecular weight excluding hydrogens is 613 g/mol. The average Bonchev–Trinajstić information content (AvgIpc) is 2.68. The minimum absolute atomic E-state index is 0.219. The summed E-state index contributed by atoms with van der Waals surface area (Å²) in [5.74, 6) is 5.72. The lowest BCUT2D eigenvalue weighted by Gasteiger charge is -2.25. The zero-order valence-corrected chi connectivity index (χ0v) is 19.8. The second kappa shape index (κ2) is 12.8. The Balaban J connectivity index is 2.25. The van der Waals surface area contributed by atoms with Crippen LogP contribution >= 0.6 is 68.4 Å². The minimum atomic E-state index is -0.687. The predicted octanol–water partition coefficient (Wildman–Crippen LogP) is 6.53. The Labute approximate surface area is 196 Å². The van der Waals surface area contributed by atoms with E-state index < -0.39 is 12.6 Å². The maximum atomic E-state index is 6.12. The van der Waals surface area contributed by atoms with Crippen molar-refractivity contribution in [3.8, 4) is 19.7 Å². The molecule has 7 heteroatoms. The number of benzene rings is 2. The van der Waals surface area contributed by atoms with E-state index >= 15 is 0 Å². The van der Waals surface area contributed by atoms with E-state index in [1.807, 2.05) is 69.4 Å². The van der Waals surface area contributed by atoms with Crippen LogP contribution in [0.2, 0.25) is 10.0 Å². The number of ether oxygens (including phenoxy) is 3. The Bertz CT molecular complexity index is 763. The molecule has 0 spiro atoms. The third-order valence-corrected chi connectivity index (χ3v) is 4.55. The van der Waals surface area contributed by atoms with E-state index in [1.165, 1.54) is 0 Å². The van der Waals surface area contributed by atoms with Crippen molar-refractivity contribution >= 4 is 68.4 Å². The van der Waals surface area contributed by atoms with Gasteiger partial charge in [0.05, 0.1) is 0 Å². The fourth-order valence-corrected chi connectivity index (χ4v) is 2.63. The fourth-order valence-electron chi connectivity index (χ4n) is 2.07. The summed E-state index contributed by atoms with van der Waals surface area (Å²) in [7, 11) is 0. The smallest absolute Gasteiger partial charge is 0.188 e. The second-order valence-corrected chi connectivity index (χ2v) is 7.02. The molecule has 0 bridgehead atoms. The Hall–Kier alpha value is -0.520. The molecule has 0 heterocycles. The van der Waals surface area contributed by atoms with Crippen LogP contribution in [0.4, 0.5) is 0 Å². The van der Waals surface area contributed by atoms with Crippen LogP contribution in [0.3, 0.4) is 0 Å². The molecule has 3 nitrogen and oxygen atoms in total. The highest BCUT2D eigenvalue weighted by Gasteiger charge is 2.21. The first-order valence-corrected chi connectivity index (χ1v) is 10.6. The van der Waals surface area contributed by atoms with E-state index in [-0.39, 0.29) is 13.2 Å². The lowest BCUT2D eigenvalue weighted by molar-refractivity contribution is -0.246. The van der Waals surface area contributed by atoms with E-state index in [0.29, 0.717) is 10.0 Å². The molecule has 2 atom stereocenters. The van der Waals surface area contributed by atoms with Gasteiger partial charge in [-0.3, -0.25) is 0 Å². The zero-order chi connectivity index (χ0) is 19.5. The quantitative estimate of drug-likeness (QED) is 0.189. The molecule has 0 aromatic heterocycles. The highest BCUT2D eigenvalue weighted by Crippen LogP contribution is 2.30. The Morgan fingerprint density at radius 1 is 0.704 bits per heavy atom. The van der Waals surface area contributed by atoms with Crippen molar-refractivity contribution in [1.82, 2.24) is 0 Å². The zero-order valence-electron chi connectivity index (χ0n) is 13.9. The van der Waals surface area contributed by atoms with E-state index in [2.05, 4.69) is 19.7 Å². The maximum absolute atomic E-state index is 6.12. The molecule has 2 rings (SSSR count). The molecule has 2 aromatic rings. The number of rotatable bonds is 8. The Morgan fingerprint density at radius 2 is 1.07 bits per heavy atom. The van der Waals surface area contributed by atoms with Gasteiger partial charge in [-0.05, 0) is 32.1 Å². The highest BCUT2D eigenvalue weighted by molar-refractivity contribution is 14.1. The monoisotopic (exact) mass is 626 g/mol. The van der Waals surface area contributed by atoms with Gasteiger partial charge in [0.2, 0.25) is 0 Å². The van der Waals surface area contributed by atoms with Gasteiger partial charge in [-0.25, -0.2) is 0 Å². The van der Waals surface area contributed by atoms with E-state index in [1.54, 1.807) is 24.3 Å². The SMILES string of the molecule is Clc1ccc(C(OCC#CI)OC(OCC#CI)c2ccc(Cl)cc2)cc1. The van der Waals surface area contributed by atoms with Gasteiger partial charge in [-0.2, -0.15) is 0 Å². The lowest BCUT2D eigenvalue weighted by atomic mass is 10.2. The summed E-state index contributed by atoms with van der Waals surface area (Å²) < 4.78 is 23.3. The standard InChI is InChI=1S/C20H14Cl2I2O3/c21-17-7-3-15(4-8-17)19(25-13-1-11-23)27-20(26-14-2-12-24)16-5-9-18(22)10-6-16/h3-10,19-20H,13-14H2. The summed E-state index contributed by atoms with van der Waals surface area (Å²) in [6.07, 6.45) is -1.37. The van der Waals surface area contributed by atoms with E-state index in [4.69, 9.17) is 37.4 Å². The summed E-state index contributed by atoms with van der Waals surface area (Å²) in [5, 5.41) is 1.26. The van der Waals surface area contributed by atoms with Crippen LogP contribution < -0.4 is 0 Å². The highest BCUT2D eigenvalue weighted by atomic mass is 127. The third-order valence-electron chi connectivity index (χ3n) is 3.28. The van der Waals surface area contributed by atoms with Crippen molar-refractivity contribution in [2.45, 2.75) is 12.6 Å². The van der Waals surface area contributed by atoms with E-state index in [0.717, 1.165) is 11.1 Å². The van der Waals surface area contributed by atoms with Crippen molar-refractivity contribution in [2.75, 3.05) is 13.2 Å². The molecule has 0 saturated carbocycles. The third kappa shape index (κ3) is 8.16. The van der Waals surface area contributed by atoms with Crippen LogP contribution in [0.5, 0.6) is 0 Å². The summed E-state index contributed by atoms with van der Waals surface area (Å²) in [6, 6.07) is 14.5. The topological polar surface area (TPSA) is 27.7 Å². The van der Waals surface area contributed by atoms with Crippen LogP contribution in [0.15, 0.2) is 48.5 Å². The average molecular weight is 627 g/mol. The van der Waals surface area contributed by atoms with Crippen molar-refractivity contribution in [3.63, 3.8) is 0 Å². The van der Waals surface area contributed by atoms with Gasteiger partial charge >= 0.3 is 0 Å². The molecule has 2 aromatic carbocycles. The molecule has 0 aliphatic carbocycles. The van der Waals surface area contributed by atoms with Crippen LogP contribution in [0.1, 0.15) is 23.7 Å². The molecule has 0 fully saturated rings. The molecule has 0 aliphatic heterocycles. The van der Waals surface area contributed by atoms with Crippen molar-refractivity contribution in [1.29, 1.82) is 0 Å². The summed E-state index contributed by atoms with van der Waals surface area (Å²) in [4.78, 5) is 0. The molecule has 0 aliphatic rings. The number of hydrogen-bond donors (Lipinski definition) is 0. The van der Waals surface area contributed by atoms with Gasteiger partial charge < -0.3 is 14.2 Å². The van der Waals surface area contributed by atoms with Crippen molar-refractivity contribution in [2.24, 2.45) is 0 Å². The van der Waals surface area contributed by atoms with Crippen LogP contribution in [-0.4, -0.2) is 13.2 Å². The Kier molecular flexibility index (Phi) is 10.8. The molecule has 27 heavy (non-hydrogen) atoms. The lowest BCUT2D eigenvalue weighted by Crippen LogP contribution is -2.16. The molecule has 0 saturated heterocycles. The molecule has 0 N–H and O–H groups in total. The first-order chi connectivity index (χ1) is 13.1. The van der Waals surface area contributed by atoms with Crippen molar-refractivity contribution in [3.05, 3.63) is 69.7 Å².